The summed E-state index contributed by atoms with van der Waals surface area (Å²) in [6.07, 6.45) is 2.26. The third-order valence-electron chi connectivity index (χ3n) is 4.45. The van der Waals surface area contributed by atoms with Crippen LogP contribution in [0.4, 0.5) is 8.78 Å². The lowest BCUT2D eigenvalue weighted by molar-refractivity contribution is 0.178. The minimum Gasteiger partial charge on any atom is -0.315 e. The van der Waals surface area contributed by atoms with Crippen LogP contribution < -0.4 is 5.32 Å². The van der Waals surface area contributed by atoms with Crippen molar-refractivity contribution in [3.8, 4) is 0 Å². The molecule has 0 spiro atoms. The van der Waals surface area contributed by atoms with Gasteiger partial charge in [-0.1, -0.05) is 20.3 Å². The Labute approximate surface area is 124 Å². The fraction of sp³-hybridized carbons (Fsp3) is 0.600. The van der Waals surface area contributed by atoms with Crippen LogP contribution in [-0.4, -0.2) is 26.8 Å². The summed E-state index contributed by atoms with van der Waals surface area (Å²) in [4.78, 5) is -0.149. The van der Waals surface area contributed by atoms with Gasteiger partial charge in [0.2, 0.25) is 0 Å². The van der Waals surface area contributed by atoms with Gasteiger partial charge in [0.15, 0.2) is 21.5 Å². The number of benzene rings is 1. The first kappa shape index (κ1) is 16.4. The number of hydrogen-bond acceptors (Lipinski definition) is 3. The fourth-order valence-electron chi connectivity index (χ4n) is 3.32. The van der Waals surface area contributed by atoms with Crippen molar-refractivity contribution >= 4 is 9.84 Å². The van der Waals surface area contributed by atoms with E-state index in [4.69, 9.17) is 0 Å². The standard InChI is InChI=1S/C15H21F2NO2S/c1-15(2)8-4-5-13(14(15)18-3)21(19,20)10-6-7-11(16)12(17)9-10/h6-7,9,13-14,18H,4-5,8H2,1-3H3. The van der Waals surface area contributed by atoms with E-state index in [0.717, 1.165) is 31.0 Å². The van der Waals surface area contributed by atoms with Gasteiger partial charge in [-0.25, -0.2) is 17.2 Å². The Bertz CT molecular complexity index is 629. The normalized spacial score (nSPS) is 25.8. The van der Waals surface area contributed by atoms with Gasteiger partial charge in [0.25, 0.3) is 0 Å². The molecule has 2 unspecified atom stereocenters. The van der Waals surface area contributed by atoms with Crippen molar-refractivity contribution in [2.45, 2.75) is 49.3 Å². The van der Waals surface area contributed by atoms with E-state index in [9.17, 15) is 17.2 Å². The predicted molar refractivity (Wildman–Crippen MR) is 77.8 cm³/mol. The van der Waals surface area contributed by atoms with Crippen LogP contribution >= 0.6 is 0 Å². The first-order valence-electron chi connectivity index (χ1n) is 7.06. The maximum Gasteiger partial charge on any atom is 0.182 e. The molecule has 1 aliphatic carbocycles. The summed E-state index contributed by atoms with van der Waals surface area (Å²) in [6.45, 7) is 4.06. The van der Waals surface area contributed by atoms with Crippen LogP contribution in [0.5, 0.6) is 0 Å². The van der Waals surface area contributed by atoms with E-state index in [1.165, 1.54) is 0 Å². The number of nitrogens with one attached hydrogen (secondary N) is 1. The lowest BCUT2D eigenvalue weighted by Crippen LogP contribution is -2.54. The van der Waals surface area contributed by atoms with Gasteiger partial charge in [0.1, 0.15) is 0 Å². The van der Waals surface area contributed by atoms with Crippen molar-refractivity contribution in [3.63, 3.8) is 0 Å². The Morgan fingerprint density at radius 1 is 1.24 bits per heavy atom. The molecule has 21 heavy (non-hydrogen) atoms. The molecular formula is C15H21F2NO2S. The largest absolute Gasteiger partial charge is 0.315 e. The first-order valence-corrected chi connectivity index (χ1v) is 8.61. The molecule has 0 amide bonds. The third kappa shape index (κ3) is 2.97. The highest BCUT2D eigenvalue weighted by Crippen LogP contribution is 2.40. The summed E-state index contributed by atoms with van der Waals surface area (Å²) in [5.74, 6) is -2.17. The summed E-state index contributed by atoms with van der Waals surface area (Å²) in [6, 6.07) is 2.57. The van der Waals surface area contributed by atoms with Gasteiger partial charge >= 0.3 is 0 Å². The van der Waals surface area contributed by atoms with Gasteiger partial charge in [0, 0.05) is 6.04 Å². The molecular weight excluding hydrogens is 296 g/mol. The summed E-state index contributed by atoms with van der Waals surface area (Å²) in [7, 11) is -1.96. The topological polar surface area (TPSA) is 46.2 Å². The molecule has 6 heteroatoms. The first-order chi connectivity index (χ1) is 9.70. The summed E-state index contributed by atoms with van der Waals surface area (Å²) >= 11 is 0. The molecule has 1 N–H and O–H groups in total. The quantitative estimate of drug-likeness (QED) is 0.872. The Morgan fingerprint density at radius 3 is 2.48 bits per heavy atom. The molecule has 2 rings (SSSR count). The maximum atomic E-state index is 13.4. The summed E-state index contributed by atoms with van der Waals surface area (Å²) < 4.78 is 51.9. The molecule has 1 aromatic rings. The molecule has 0 saturated heterocycles. The van der Waals surface area contributed by atoms with Gasteiger partial charge in [0.05, 0.1) is 10.1 Å². The molecule has 1 fully saturated rings. The highest BCUT2D eigenvalue weighted by molar-refractivity contribution is 7.92. The van der Waals surface area contributed by atoms with Crippen LogP contribution in [0.1, 0.15) is 33.1 Å². The van der Waals surface area contributed by atoms with Crippen LogP contribution in [-0.2, 0) is 9.84 Å². The number of rotatable bonds is 3. The molecule has 0 aromatic heterocycles. The number of halogens is 2. The second kappa shape index (κ2) is 5.65. The van der Waals surface area contributed by atoms with Crippen molar-refractivity contribution in [1.82, 2.24) is 5.32 Å². The fourth-order valence-corrected chi connectivity index (χ4v) is 5.54. The molecule has 1 aliphatic rings. The molecule has 0 radical (unpaired) electrons. The second-order valence-corrected chi connectivity index (χ2v) is 8.47. The smallest absolute Gasteiger partial charge is 0.182 e. The number of hydrogen-bond donors (Lipinski definition) is 1. The Morgan fingerprint density at radius 2 is 1.90 bits per heavy atom. The zero-order valence-electron chi connectivity index (χ0n) is 12.5. The SMILES string of the molecule is CNC1C(S(=O)(=O)c2ccc(F)c(F)c2)CCCC1(C)C. The van der Waals surface area contributed by atoms with E-state index in [0.29, 0.717) is 6.42 Å². The van der Waals surface area contributed by atoms with Crippen molar-refractivity contribution in [2.75, 3.05) is 7.05 Å². The number of sulfone groups is 1. The van der Waals surface area contributed by atoms with E-state index in [1.807, 2.05) is 13.8 Å². The maximum absolute atomic E-state index is 13.4. The van der Waals surface area contributed by atoms with E-state index in [-0.39, 0.29) is 16.4 Å². The molecule has 1 saturated carbocycles. The van der Waals surface area contributed by atoms with Gasteiger partial charge in [-0.2, -0.15) is 0 Å². The van der Waals surface area contributed by atoms with E-state index >= 15 is 0 Å². The minimum atomic E-state index is -3.70. The van der Waals surface area contributed by atoms with Crippen molar-refractivity contribution in [1.29, 1.82) is 0 Å². The van der Waals surface area contributed by atoms with Crippen molar-refractivity contribution in [2.24, 2.45) is 5.41 Å². The molecule has 0 heterocycles. The Balaban J connectivity index is 2.44. The molecule has 3 nitrogen and oxygen atoms in total. The van der Waals surface area contributed by atoms with Crippen molar-refractivity contribution < 1.29 is 17.2 Å². The van der Waals surface area contributed by atoms with Gasteiger partial charge in [-0.3, -0.25) is 0 Å². The average Bonchev–Trinajstić information content (AvgIpc) is 2.40. The van der Waals surface area contributed by atoms with E-state index in [2.05, 4.69) is 5.32 Å². The molecule has 118 valence electrons. The second-order valence-electron chi connectivity index (χ2n) is 6.31. The molecule has 1 aromatic carbocycles. The molecule has 2 atom stereocenters. The van der Waals surface area contributed by atoms with Gasteiger partial charge in [-0.05, 0) is 43.5 Å². The van der Waals surface area contributed by atoms with Crippen LogP contribution in [0.25, 0.3) is 0 Å². The van der Waals surface area contributed by atoms with Crippen LogP contribution in [0.15, 0.2) is 23.1 Å². The lowest BCUT2D eigenvalue weighted by Gasteiger charge is -2.43. The monoisotopic (exact) mass is 317 g/mol. The predicted octanol–water partition coefficient (Wildman–Crippen LogP) is 2.91. The van der Waals surface area contributed by atoms with Crippen LogP contribution in [0.3, 0.4) is 0 Å². The average molecular weight is 317 g/mol. The van der Waals surface area contributed by atoms with E-state index in [1.54, 1.807) is 7.05 Å². The highest BCUT2D eigenvalue weighted by atomic mass is 32.2. The molecule has 0 bridgehead atoms. The zero-order valence-corrected chi connectivity index (χ0v) is 13.3. The van der Waals surface area contributed by atoms with Crippen LogP contribution in [0.2, 0.25) is 0 Å². The lowest BCUT2D eigenvalue weighted by atomic mass is 9.73. The molecule has 0 aliphatic heterocycles. The zero-order chi connectivity index (χ0) is 15.8. The van der Waals surface area contributed by atoms with Crippen molar-refractivity contribution in [3.05, 3.63) is 29.8 Å². The summed E-state index contributed by atoms with van der Waals surface area (Å²) in [5, 5.41) is 2.47. The highest BCUT2D eigenvalue weighted by Gasteiger charge is 2.44. The van der Waals surface area contributed by atoms with Gasteiger partial charge < -0.3 is 5.32 Å². The third-order valence-corrected chi connectivity index (χ3v) is 6.67. The summed E-state index contributed by atoms with van der Waals surface area (Å²) in [5.41, 5.74) is -0.163. The van der Waals surface area contributed by atoms with Gasteiger partial charge in [-0.15, -0.1) is 0 Å². The van der Waals surface area contributed by atoms with E-state index < -0.39 is 26.7 Å². The van der Waals surface area contributed by atoms with Crippen LogP contribution in [0, 0.1) is 17.0 Å². The minimum absolute atomic E-state index is 0.149. The Kier molecular flexibility index (Phi) is 4.40. The Hall–Kier alpha value is -1.01.